The summed E-state index contributed by atoms with van der Waals surface area (Å²) in [7, 11) is 0. The highest BCUT2D eigenvalue weighted by Gasteiger charge is 2.38. The van der Waals surface area contributed by atoms with Gasteiger partial charge in [0.2, 0.25) is 0 Å². The Morgan fingerprint density at radius 1 is 1.64 bits per heavy atom. The molecule has 1 N–H and O–H groups in total. The van der Waals surface area contributed by atoms with Crippen LogP contribution >= 0.6 is 0 Å². The molecule has 1 atom stereocenters. The van der Waals surface area contributed by atoms with Crippen molar-refractivity contribution in [1.82, 2.24) is 5.32 Å². The number of nitrogens with one attached hydrogen (secondary N) is 1. The van der Waals surface area contributed by atoms with Crippen LogP contribution in [-0.4, -0.2) is 25.4 Å². The van der Waals surface area contributed by atoms with Crippen molar-refractivity contribution in [1.29, 1.82) is 0 Å². The van der Waals surface area contributed by atoms with E-state index in [0.717, 1.165) is 18.5 Å². The fourth-order valence-corrected chi connectivity index (χ4v) is 1.65. The molecule has 0 aromatic rings. The van der Waals surface area contributed by atoms with Crippen molar-refractivity contribution in [2.24, 2.45) is 0 Å². The predicted molar refractivity (Wildman–Crippen MR) is 40.0 cm³/mol. The van der Waals surface area contributed by atoms with E-state index in [4.69, 9.17) is 4.74 Å². The normalized spacial score (nSPS) is 37.0. The molecule has 0 amide bonds. The molecular weight excluding hydrogens is 145 g/mol. The van der Waals surface area contributed by atoms with Crippen LogP contribution in [0.5, 0.6) is 0 Å². The van der Waals surface area contributed by atoms with Gasteiger partial charge in [0.15, 0.2) is 0 Å². The molecule has 1 saturated heterocycles. The van der Waals surface area contributed by atoms with E-state index in [0.29, 0.717) is 19.6 Å². The summed E-state index contributed by atoms with van der Waals surface area (Å²) in [5, 5.41) is 3.02. The van der Waals surface area contributed by atoms with Gasteiger partial charge in [0, 0.05) is 18.5 Å². The molecule has 2 nitrogen and oxygen atoms in total. The Balaban J connectivity index is 2.12. The minimum Gasteiger partial charge on any atom is -0.501 e. The summed E-state index contributed by atoms with van der Waals surface area (Å²) in [6, 6.07) is 0. The summed E-state index contributed by atoms with van der Waals surface area (Å²) in [6.45, 7) is 1.90. The number of halogens is 1. The van der Waals surface area contributed by atoms with Crippen LogP contribution in [0.2, 0.25) is 0 Å². The Morgan fingerprint density at radius 3 is 3.09 bits per heavy atom. The van der Waals surface area contributed by atoms with Gasteiger partial charge in [-0.3, -0.25) is 0 Å². The molecule has 0 aliphatic carbocycles. The molecule has 0 bridgehead atoms. The smallest absolute Gasteiger partial charge is 0.148 e. The van der Waals surface area contributed by atoms with E-state index < -0.39 is 5.67 Å². The van der Waals surface area contributed by atoms with Gasteiger partial charge in [0.05, 0.1) is 12.9 Å². The van der Waals surface area contributed by atoms with Crippen molar-refractivity contribution in [2.45, 2.75) is 18.5 Å². The van der Waals surface area contributed by atoms with Gasteiger partial charge in [-0.2, -0.15) is 0 Å². The van der Waals surface area contributed by atoms with Crippen LogP contribution in [0.4, 0.5) is 4.39 Å². The molecule has 2 heterocycles. The van der Waals surface area contributed by atoms with Gasteiger partial charge in [-0.1, -0.05) is 0 Å². The van der Waals surface area contributed by atoms with Crippen LogP contribution in [0.25, 0.3) is 0 Å². The predicted octanol–water partition coefficient (Wildman–Crippen LogP) is 0.992. The van der Waals surface area contributed by atoms with Gasteiger partial charge in [-0.05, 0) is 13.0 Å². The number of hydrogen-bond acceptors (Lipinski definition) is 2. The average Bonchev–Trinajstić information content (AvgIpc) is 2.55. The molecule has 0 saturated carbocycles. The number of hydrogen-bond donors (Lipinski definition) is 1. The molecular formula is C8H12FNO. The van der Waals surface area contributed by atoms with E-state index in [1.807, 2.05) is 0 Å². The molecule has 0 aromatic carbocycles. The Morgan fingerprint density at radius 2 is 2.55 bits per heavy atom. The third kappa shape index (κ3) is 1.13. The van der Waals surface area contributed by atoms with Crippen molar-refractivity contribution in [3.63, 3.8) is 0 Å². The maximum absolute atomic E-state index is 13.8. The molecule has 62 valence electrons. The van der Waals surface area contributed by atoms with E-state index in [1.165, 1.54) is 0 Å². The second-order valence-electron chi connectivity index (χ2n) is 3.16. The Hall–Kier alpha value is -0.570. The van der Waals surface area contributed by atoms with Crippen molar-refractivity contribution in [3.8, 4) is 0 Å². The molecule has 1 fully saturated rings. The Bertz CT molecular complexity index is 185. The van der Waals surface area contributed by atoms with Crippen molar-refractivity contribution in [2.75, 3.05) is 19.7 Å². The lowest BCUT2D eigenvalue weighted by atomic mass is 9.94. The van der Waals surface area contributed by atoms with Gasteiger partial charge in [0.25, 0.3) is 0 Å². The summed E-state index contributed by atoms with van der Waals surface area (Å²) < 4.78 is 18.8. The highest BCUT2D eigenvalue weighted by Crippen LogP contribution is 2.33. The molecule has 2 aliphatic rings. The highest BCUT2D eigenvalue weighted by atomic mass is 19.1. The van der Waals surface area contributed by atoms with E-state index in [2.05, 4.69) is 5.32 Å². The summed E-state index contributed by atoms with van der Waals surface area (Å²) in [5.74, 6) is 0. The minimum atomic E-state index is -1.10. The van der Waals surface area contributed by atoms with E-state index >= 15 is 0 Å². The minimum absolute atomic E-state index is 0.461. The molecule has 2 aliphatic heterocycles. The SMILES string of the molecule is FC1(C2=COCC2)CCNC1. The third-order valence-electron chi connectivity index (χ3n) is 2.39. The quantitative estimate of drug-likeness (QED) is 0.613. The second-order valence-corrected chi connectivity index (χ2v) is 3.16. The van der Waals surface area contributed by atoms with Gasteiger partial charge < -0.3 is 10.1 Å². The standard InChI is InChI=1S/C8H12FNO/c9-8(2-3-10-6-8)7-1-4-11-5-7/h5,10H,1-4,6H2. The average molecular weight is 157 g/mol. The molecule has 0 aromatic heterocycles. The summed E-state index contributed by atoms with van der Waals surface area (Å²) in [5.41, 5.74) is -0.265. The zero-order valence-electron chi connectivity index (χ0n) is 6.40. The summed E-state index contributed by atoms with van der Waals surface area (Å²) >= 11 is 0. The fourth-order valence-electron chi connectivity index (χ4n) is 1.65. The maximum Gasteiger partial charge on any atom is 0.148 e. The van der Waals surface area contributed by atoms with Crippen LogP contribution in [0, 0.1) is 0 Å². The van der Waals surface area contributed by atoms with Crippen molar-refractivity contribution >= 4 is 0 Å². The molecule has 0 radical (unpaired) electrons. The number of rotatable bonds is 1. The first kappa shape index (κ1) is 7.10. The molecule has 11 heavy (non-hydrogen) atoms. The largest absolute Gasteiger partial charge is 0.501 e. The van der Waals surface area contributed by atoms with Crippen LogP contribution < -0.4 is 5.32 Å². The summed E-state index contributed by atoms with van der Waals surface area (Å²) in [4.78, 5) is 0. The first-order valence-electron chi connectivity index (χ1n) is 4.02. The molecule has 3 heteroatoms. The van der Waals surface area contributed by atoms with Gasteiger partial charge in [0.1, 0.15) is 5.67 Å². The lowest BCUT2D eigenvalue weighted by molar-refractivity contribution is 0.236. The molecule has 1 unspecified atom stereocenters. The molecule has 2 rings (SSSR count). The van der Waals surface area contributed by atoms with Crippen LogP contribution in [0.1, 0.15) is 12.8 Å². The zero-order chi connectivity index (χ0) is 7.73. The lowest BCUT2D eigenvalue weighted by Crippen LogP contribution is -2.27. The Kier molecular flexibility index (Phi) is 1.60. The van der Waals surface area contributed by atoms with Crippen LogP contribution in [-0.2, 0) is 4.74 Å². The highest BCUT2D eigenvalue weighted by molar-refractivity contribution is 5.20. The summed E-state index contributed by atoms with van der Waals surface area (Å²) in [6.07, 6.45) is 2.95. The van der Waals surface area contributed by atoms with E-state index in [-0.39, 0.29) is 0 Å². The lowest BCUT2D eigenvalue weighted by Gasteiger charge is -2.17. The van der Waals surface area contributed by atoms with E-state index in [1.54, 1.807) is 6.26 Å². The van der Waals surface area contributed by atoms with Crippen LogP contribution in [0.3, 0.4) is 0 Å². The van der Waals surface area contributed by atoms with Crippen molar-refractivity contribution < 1.29 is 9.13 Å². The van der Waals surface area contributed by atoms with Gasteiger partial charge >= 0.3 is 0 Å². The fraction of sp³-hybridized carbons (Fsp3) is 0.750. The van der Waals surface area contributed by atoms with Crippen molar-refractivity contribution in [3.05, 3.63) is 11.8 Å². The van der Waals surface area contributed by atoms with Crippen LogP contribution in [0.15, 0.2) is 11.8 Å². The monoisotopic (exact) mass is 157 g/mol. The third-order valence-corrected chi connectivity index (χ3v) is 2.39. The number of alkyl halides is 1. The number of ether oxygens (including phenoxy) is 1. The molecule has 0 spiro atoms. The topological polar surface area (TPSA) is 21.3 Å². The maximum atomic E-state index is 13.8. The first-order chi connectivity index (χ1) is 5.31. The zero-order valence-corrected chi connectivity index (χ0v) is 6.40. The van der Waals surface area contributed by atoms with Gasteiger partial charge in [-0.25, -0.2) is 4.39 Å². The van der Waals surface area contributed by atoms with E-state index in [9.17, 15) is 4.39 Å². The second kappa shape index (κ2) is 2.48. The first-order valence-corrected chi connectivity index (χ1v) is 4.02. The Labute approximate surface area is 65.4 Å². The van der Waals surface area contributed by atoms with Gasteiger partial charge in [-0.15, -0.1) is 0 Å².